The SMILES string of the molecule is O=P([O-])(O)OC[C@H]1[NH2+]C[C@@H](CO)[C@@H](O)[C@@H]1O. The summed E-state index contributed by atoms with van der Waals surface area (Å²) in [4.78, 5) is 18.7. The van der Waals surface area contributed by atoms with Gasteiger partial charge in [0.15, 0.2) is 0 Å². The first-order valence-electron chi connectivity index (χ1n) is 4.84. The fourth-order valence-corrected chi connectivity index (χ4v) is 2.05. The third kappa shape index (κ3) is 3.76. The highest BCUT2D eigenvalue weighted by Crippen LogP contribution is 2.30. The topological polar surface area (TPSA) is 147 Å². The van der Waals surface area contributed by atoms with Gasteiger partial charge in [0.2, 0.25) is 0 Å². The molecule has 1 aliphatic heterocycles. The smallest absolute Gasteiger partial charge is 0.265 e. The summed E-state index contributed by atoms with van der Waals surface area (Å²) in [7, 11) is -4.81. The lowest BCUT2D eigenvalue weighted by Gasteiger charge is -2.35. The van der Waals surface area contributed by atoms with Gasteiger partial charge >= 0.3 is 0 Å². The Kier molecular flexibility index (Phi) is 4.84. The molecule has 0 aliphatic carbocycles. The van der Waals surface area contributed by atoms with Crippen LogP contribution in [0.2, 0.25) is 0 Å². The quantitative estimate of drug-likeness (QED) is 0.320. The van der Waals surface area contributed by atoms with Crippen LogP contribution in [0.5, 0.6) is 0 Å². The van der Waals surface area contributed by atoms with Crippen LogP contribution in [0, 0.1) is 5.92 Å². The monoisotopic (exact) mass is 257 g/mol. The molecular weight excluding hydrogens is 241 g/mol. The van der Waals surface area contributed by atoms with Gasteiger partial charge in [-0.15, -0.1) is 0 Å². The van der Waals surface area contributed by atoms with Crippen molar-refractivity contribution >= 4 is 7.82 Å². The van der Waals surface area contributed by atoms with Gasteiger partial charge in [0.25, 0.3) is 7.82 Å². The van der Waals surface area contributed by atoms with Gasteiger partial charge < -0.3 is 34.9 Å². The van der Waals surface area contributed by atoms with E-state index in [1.54, 1.807) is 5.32 Å². The average molecular weight is 257 g/mol. The van der Waals surface area contributed by atoms with E-state index in [1.807, 2.05) is 0 Å². The third-order valence-corrected chi connectivity index (χ3v) is 3.15. The molecule has 5 atom stereocenters. The van der Waals surface area contributed by atoms with Crippen molar-refractivity contribution in [2.24, 2.45) is 5.92 Å². The first-order valence-corrected chi connectivity index (χ1v) is 6.33. The van der Waals surface area contributed by atoms with Crippen LogP contribution < -0.4 is 10.2 Å². The molecule has 0 bridgehead atoms. The van der Waals surface area contributed by atoms with Gasteiger partial charge in [-0.25, -0.2) is 0 Å². The molecule has 1 saturated heterocycles. The number of rotatable bonds is 4. The number of nitrogens with two attached hydrogens (primary N) is 1. The number of phosphoric acid groups is 1. The van der Waals surface area contributed by atoms with Crippen molar-refractivity contribution < 1.29 is 39.5 Å². The highest BCUT2D eigenvalue weighted by atomic mass is 31.2. The predicted octanol–water partition coefficient (Wildman–Crippen LogP) is -4.26. The standard InChI is InChI=1S/C7H16NO7P/c9-2-4-1-8-5(7(11)6(4)10)3-15-16(12,13)14/h4-11H,1-3H2,(H2,12,13,14)/t4-,5+,6+,7+/m0/s1. The van der Waals surface area contributed by atoms with E-state index >= 15 is 0 Å². The van der Waals surface area contributed by atoms with Gasteiger partial charge in [-0.1, -0.05) is 0 Å². The van der Waals surface area contributed by atoms with Crippen molar-refractivity contribution in [3.63, 3.8) is 0 Å². The third-order valence-electron chi connectivity index (χ3n) is 2.68. The average Bonchev–Trinajstić information content (AvgIpc) is 2.19. The first-order chi connectivity index (χ1) is 7.35. The zero-order chi connectivity index (χ0) is 12.3. The van der Waals surface area contributed by atoms with Crippen molar-refractivity contribution in [1.82, 2.24) is 0 Å². The zero-order valence-corrected chi connectivity index (χ0v) is 9.36. The van der Waals surface area contributed by atoms with E-state index in [-0.39, 0.29) is 6.61 Å². The van der Waals surface area contributed by atoms with Crippen molar-refractivity contribution in [3.05, 3.63) is 0 Å². The minimum absolute atomic E-state index is 0.262. The van der Waals surface area contributed by atoms with E-state index in [0.29, 0.717) is 6.54 Å². The Morgan fingerprint density at radius 1 is 1.44 bits per heavy atom. The Morgan fingerprint density at radius 2 is 2.06 bits per heavy atom. The van der Waals surface area contributed by atoms with Crippen LogP contribution in [0.15, 0.2) is 0 Å². The summed E-state index contributed by atoms with van der Waals surface area (Å²) >= 11 is 0. The van der Waals surface area contributed by atoms with Crippen molar-refractivity contribution in [2.45, 2.75) is 18.2 Å². The summed E-state index contributed by atoms with van der Waals surface area (Å²) < 4.78 is 14.5. The lowest BCUT2D eigenvalue weighted by atomic mass is 9.90. The number of piperidine rings is 1. The molecule has 0 amide bonds. The van der Waals surface area contributed by atoms with Gasteiger partial charge in [0.1, 0.15) is 18.8 Å². The Morgan fingerprint density at radius 3 is 2.56 bits per heavy atom. The van der Waals surface area contributed by atoms with E-state index in [0.717, 1.165) is 0 Å². The van der Waals surface area contributed by atoms with E-state index in [1.165, 1.54) is 0 Å². The molecule has 0 radical (unpaired) electrons. The van der Waals surface area contributed by atoms with Gasteiger partial charge in [-0.2, -0.15) is 0 Å². The van der Waals surface area contributed by atoms with Crippen LogP contribution in [-0.4, -0.2) is 58.2 Å². The number of quaternary nitrogens is 1. The van der Waals surface area contributed by atoms with Crippen molar-refractivity contribution in [2.75, 3.05) is 19.8 Å². The molecule has 96 valence electrons. The van der Waals surface area contributed by atoms with E-state index in [4.69, 9.17) is 10.00 Å². The normalized spacial score (nSPS) is 39.3. The number of phosphoric ester groups is 1. The molecule has 1 aliphatic rings. The number of hydrogen-bond donors (Lipinski definition) is 5. The van der Waals surface area contributed by atoms with E-state index in [2.05, 4.69) is 4.52 Å². The van der Waals surface area contributed by atoms with Crippen molar-refractivity contribution in [3.8, 4) is 0 Å². The maximum atomic E-state index is 10.3. The molecule has 0 aromatic carbocycles. The van der Waals surface area contributed by atoms with Crippen molar-refractivity contribution in [1.29, 1.82) is 0 Å². The van der Waals surface area contributed by atoms with Gasteiger partial charge in [-0.05, 0) is 0 Å². The summed E-state index contributed by atoms with van der Waals surface area (Å²) in [6, 6.07) is -0.688. The first kappa shape index (κ1) is 14.0. The molecule has 0 aromatic heterocycles. The molecule has 1 rings (SSSR count). The lowest BCUT2D eigenvalue weighted by Crippen LogP contribution is -2.98. The Balaban J connectivity index is 2.48. The minimum atomic E-state index is -4.81. The fourth-order valence-electron chi connectivity index (χ4n) is 1.69. The van der Waals surface area contributed by atoms with E-state index in [9.17, 15) is 19.7 Å². The largest absolute Gasteiger partial charge is 0.756 e. The highest BCUT2D eigenvalue weighted by molar-refractivity contribution is 7.44. The minimum Gasteiger partial charge on any atom is -0.756 e. The number of hydrogen-bond acceptors (Lipinski definition) is 6. The second-order valence-electron chi connectivity index (χ2n) is 3.82. The molecule has 0 saturated carbocycles. The Bertz CT molecular complexity index is 269. The van der Waals surface area contributed by atoms with Crippen LogP contribution in [0.25, 0.3) is 0 Å². The number of aliphatic hydroxyl groups is 3. The van der Waals surface area contributed by atoms with Crippen LogP contribution in [0.1, 0.15) is 0 Å². The molecular formula is C7H16NO7P. The summed E-state index contributed by atoms with van der Waals surface area (Å²) in [6.07, 6.45) is -2.34. The summed E-state index contributed by atoms with van der Waals surface area (Å²) in [5.41, 5.74) is 0. The van der Waals surface area contributed by atoms with E-state index < -0.39 is 38.6 Å². The number of aliphatic hydroxyl groups excluding tert-OH is 3. The van der Waals surface area contributed by atoms with Crippen LogP contribution in [-0.2, 0) is 9.09 Å². The molecule has 0 aromatic rings. The second-order valence-corrected chi connectivity index (χ2v) is 5.02. The molecule has 6 N–H and O–H groups in total. The highest BCUT2D eigenvalue weighted by Gasteiger charge is 2.40. The van der Waals surface area contributed by atoms with Crippen LogP contribution >= 0.6 is 7.82 Å². The maximum absolute atomic E-state index is 10.3. The second kappa shape index (κ2) is 5.52. The maximum Gasteiger partial charge on any atom is 0.265 e. The van der Waals surface area contributed by atoms with Gasteiger partial charge in [-0.3, -0.25) is 4.57 Å². The Hall–Kier alpha value is -0.0500. The zero-order valence-electron chi connectivity index (χ0n) is 8.47. The summed E-state index contributed by atoms with van der Waals surface area (Å²) in [5.74, 6) is -0.459. The molecule has 16 heavy (non-hydrogen) atoms. The van der Waals surface area contributed by atoms with Gasteiger partial charge in [0, 0.05) is 0 Å². The molecule has 8 nitrogen and oxygen atoms in total. The lowest BCUT2D eigenvalue weighted by molar-refractivity contribution is -0.716. The van der Waals surface area contributed by atoms with Gasteiger partial charge in [0.05, 0.1) is 25.2 Å². The summed E-state index contributed by atoms with van der Waals surface area (Å²) in [6.45, 7) is -0.340. The molecule has 1 heterocycles. The van der Waals surface area contributed by atoms with Crippen LogP contribution in [0.3, 0.4) is 0 Å². The Labute approximate surface area is 92.1 Å². The molecule has 0 spiro atoms. The molecule has 9 heteroatoms. The molecule has 1 fully saturated rings. The predicted molar refractivity (Wildman–Crippen MR) is 48.9 cm³/mol. The fraction of sp³-hybridized carbons (Fsp3) is 1.00. The van der Waals surface area contributed by atoms with Crippen LogP contribution in [0.4, 0.5) is 0 Å². The summed E-state index contributed by atoms with van der Waals surface area (Å²) in [5, 5.41) is 29.6. The molecule has 1 unspecified atom stereocenters.